The van der Waals surface area contributed by atoms with Crippen LogP contribution < -0.4 is 4.74 Å². The highest BCUT2D eigenvalue weighted by Crippen LogP contribution is 2.34. The largest absolute Gasteiger partial charge is 0.482 e. The van der Waals surface area contributed by atoms with Gasteiger partial charge in [0.25, 0.3) is 10.1 Å². The highest BCUT2D eigenvalue weighted by molar-refractivity contribution is 7.85. The summed E-state index contributed by atoms with van der Waals surface area (Å²) < 4.78 is 71.6. The van der Waals surface area contributed by atoms with Gasteiger partial charge in [-0.3, -0.25) is 13.9 Å². The fourth-order valence-electron chi connectivity index (χ4n) is 4.50. The minimum Gasteiger partial charge on any atom is -0.482 e. The molecule has 216 valence electrons. The van der Waals surface area contributed by atoms with Gasteiger partial charge in [-0.1, -0.05) is 18.2 Å². The summed E-state index contributed by atoms with van der Waals surface area (Å²) in [6.45, 7) is 1.36. The Bertz CT molecular complexity index is 1420. The third-order valence-corrected chi connectivity index (χ3v) is 8.29. The number of aliphatic hydroxyl groups excluding tert-OH is 1. The van der Waals surface area contributed by atoms with E-state index in [0.29, 0.717) is 5.75 Å². The first-order valence-corrected chi connectivity index (χ1v) is 15.3. The van der Waals surface area contributed by atoms with Crippen molar-refractivity contribution in [3.05, 3.63) is 76.2 Å². The van der Waals surface area contributed by atoms with Crippen LogP contribution in [0.2, 0.25) is 0 Å². The van der Waals surface area contributed by atoms with Gasteiger partial charge in [0.05, 0.1) is 18.4 Å². The zero-order valence-electron chi connectivity index (χ0n) is 21.8. The molecule has 0 fully saturated rings. The molecule has 0 saturated heterocycles. The van der Waals surface area contributed by atoms with Crippen molar-refractivity contribution in [2.45, 2.75) is 38.1 Å². The lowest BCUT2D eigenvalue weighted by Crippen LogP contribution is -2.31. The zero-order valence-corrected chi connectivity index (χ0v) is 23.4. The second-order valence-corrected chi connectivity index (χ2v) is 12.4. The standard InChI is InChI=1S/C28H30F3NO6S2/c1-40(35,36)37-15-12-26(25(34)18-33)38-23-7-4-19-10-13-32(14-11-21(19)16-23)17-24-8-9-27(39-24)20-2-5-22(6-3-20)28(29,30)31/h2-9,16,26,33H,10-15,17-18H2,1H3. The first-order chi connectivity index (χ1) is 18.9. The Hall–Kier alpha value is -2.77. The Morgan fingerprint density at radius 2 is 1.75 bits per heavy atom. The van der Waals surface area contributed by atoms with E-state index in [1.807, 2.05) is 24.3 Å². The maximum atomic E-state index is 12.9. The van der Waals surface area contributed by atoms with Crippen LogP contribution in [-0.2, 0) is 44.7 Å². The summed E-state index contributed by atoms with van der Waals surface area (Å²) in [6, 6.07) is 14.7. The fraction of sp³-hybridized carbons (Fsp3) is 0.393. The molecule has 0 saturated carbocycles. The number of nitrogens with zero attached hydrogens (tertiary/aromatic N) is 1. The number of ketones is 1. The molecule has 3 aromatic rings. The van der Waals surface area contributed by atoms with Crippen molar-refractivity contribution in [3.63, 3.8) is 0 Å². The lowest BCUT2D eigenvalue weighted by atomic mass is 10.0. The van der Waals surface area contributed by atoms with Crippen molar-refractivity contribution in [1.29, 1.82) is 0 Å². The SMILES string of the molecule is CS(=O)(=O)OCCC(Oc1ccc2c(c1)CCN(Cc1ccc(-c3ccc(C(F)(F)F)cc3)s1)CC2)C(=O)CO. The molecule has 0 bridgehead atoms. The van der Waals surface area contributed by atoms with Gasteiger partial charge in [-0.25, -0.2) is 0 Å². The number of benzene rings is 2. The monoisotopic (exact) mass is 597 g/mol. The van der Waals surface area contributed by atoms with Crippen molar-refractivity contribution in [1.82, 2.24) is 4.90 Å². The molecule has 4 rings (SSSR count). The van der Waals surface area contributed by atoms with E-state index in [4.69, 9.17) is 8.92 Å². The molecule has 1 N–H and O–H groups in total. The molecule has 1 atom stereocenters. The Morgan fingerprint density at radius 1 is 1.05 bits per heavy atom. The summed E-state index contributed by atoms with van der Waals surface area (Å²) in [6.07, 6.45) is -2.93. The van der Waals surface area contributed by atoms with E-state index in [9.17, 15) is 31.5 Å². The summed E-state index contributed by atoms with van der Waals surface area (Å²) >= 11 is 1.56. The predicted molar refractivity (Wildman–Crippen MR) is 146 cm³/mol. The number of Topliss-reactive ketones (excluding diaryl/α,β-unsaturated/α-hetero) is 1. The van der Waals surface area contributed by atoms with Crippen LogP contribution in [0.3, 0.4) is 0 Å². The van der Waals surface area contributed by atoms with E-state index in [-0.39, 0.29) is 13.0 Å². The fourth-order valence-corrected chi connectivity index (χ4v) is 5.95. The van der Waals surface area contributed by atoms with Gasteiger partial charge in [0, 0.05) is 35.8 Å². The van der Waals surface area contributed by atoms with Gasteiger partial charge >= 0.3 is 6.18 Å². The van der Waals surface area contributed by atoms with Crippen molar-refractivity contribution in [2.24, 2.45) is 0 Å². The Kier molecular flexibility index (Phi) is 9.68. The summed E-state index contributed by atoms with van der Waals surface area (Å²) in [5, 5.41) is 9.29. The first-order valence-electron chi connectivity index (χ1n) is 12.7. The summed E-state index contributed by atoms with van der Waals surface area (Å²) in [5.74, 6) is -0.109. The molecule has 2 aromatic carbocycles. The normalized spacial score (nSPS) is 15.3. The number of halogens is 3. The van der Waals surface area contributed by atoms with Crippen LogP contribution in [0.25, 0.3) is 10.4 Å². The molecule has 1 aliphatic heterocycles. The lowest BCUT2D eigenvalue weighted by molar-refractivity contribution is -0.137. The van der Waals surface area contributed by atoms with Gasteiger partial charge in [-0.15, -0.1) is 11.3 Å². The quantitative estimate of drug-likeness (QED) is 0.320. The molecule has 1 unspecified atom stereocenters. The van der Waals surface area contributed by atoms with E-state index in [0.717, 1.165) is 77.3 Å². The summed E-state index contributed by atoms with van der Waals surface area (Å²) in [7, 11) is -3.66. The average Bonchev–Trinajstić information content (AvgIpc) is 3.27. The molecule has 2 heterocycles. The number of thiophene rings is 1. The third-order valence-electron chi connectivity index (χ3n) is 6.58. The number of hydrogen-bond donors (Lipinski definition) is 1. The van der Waals surface area contributed by atoms with Gasteiger partial charge in [-0.2, -0.15) is 21.6 Å². The molecule has 7 nitrogen and oxygen atoms in total. The lowest BCUT2D eigenvalue weighted by Gasteiger charge is -2.18. The molecule has 0 spiro atoms. The summed E-state index contributed by atoms with van der Waals surface area (Å²) in [5.41, 5.74) is 2.33. The highest BCUT2D eigenvalue weighted by Gasteiger charge is 2.30. The average molecular weight is 598 g/mol. The smallest absolute Gasteiger partial charge is 0.416 e. The van der Waals surface area contributed by atoms with Gasteiger partial charge in [0.1, 0.15) is 12.4 Å². The van der Waals surface area contributed by atoms with Crippen LogP contribution in [-0.4, -0.2) is 62.9 Å². The maximum absolute atomic E-state index is 12.9. The van der Waals surface area contributed by atoms with Gasteiger partial charge < -0.3 is 9.84 Å². The number of ether oxygens (including phenoxy) is 1. The van der Waals surface area contributed by atoms with Gasteiger partial charge in [0.15, 0.2) is 11.9 Å². The molecular weight excluding hydrogens is 567 g/mol. The molecule has 0 radical (unpaired) electrons. The van der Waals surface area contributed by atoms with Crippen molar-refractivity contribution in [3.8, 4) is 16.2 Å². The van der Waals surface area contributed by atoms with Crippen molar-refractivity contribution in [2.75, 3.05) is 32.6 Å². The van der Waals surface area contributed by atoms with Crippen LogP contribution in [0.1, 0.15) is 28.0 Å². The second-order valence-electron chi connectivity index (χ2n) is 9.59. The minimum absolute atomic E-state index is 0.0212. The number of alkyl halides is 3. The summed E-state index contributed by atoms with van der Waals surface area (Å²) in [4.78, 5) is 16.5. The van der Waals surface area contributed by atoms with Crippen LogP contribution in [0.5, 0.6) is 5.75 Å². The molecule has 0 aliphatic carbocycles. The van der Waals surface area contributed by atoms with E-state index >= 15 is 0 Å². The zero-order chi connectivity index (χ0) is 28.9. The number of fused-ring (bicyclic) bond motifs is 1. The maximum Gasteiger partial charge on any atom is 0.416 e. The topological polar surface area (TPSA) is 93.1 Å². The number of hydrogen-bond acceptors (Lipinski definition) is 8. The second kappa shape index (κ2) is 12.8. The van der Waals surface area contributed by atoms with E-state index < -0.39 is 40.4 Å². The van der Waals surface area contributed by atoms with Crippen LogP contribution in [0.4, 0.5) is 13.2 Å². The third kappa shape index (κ3) is 8.37. The Balaban J connectivity index is 1.36. The molecular formula is C28H30F3NO6S2. The van der Waals surface area contributed by atoms with Crippen LogP contribution in [0, 0.1) is 0 Å². The number of carbonyl (C=O) groups excluding carboxylic acids is 1. The van der Waals surface area contributed by atoms with Gasteiger partial charge in [-0.05, 0) is 65.9 Å². The molecule has 1 aromatic heterocycles. The minimum atomic E-state index is -4.36. The number of aliphatic hydroxyl groups is 1. The predicted octanol–water partition coefficient (Wildman–Crippen LogP) is 4.71. The Morgan fingerprint density at radius 3 is 2.40 bits per heavy atom. The van der Waals surface area contributed by atoms with E-state index in [1.54, 1.807) is 17.4 Å². The van der Waals surface area contributed by atoms with Gasteiger partial charge in [0.2, 0.25) is 0 Å². The molecule has 0 amide bonds. The van der Waals surface area contributed by atoms with Crippen molar-refractivity contribution < 1.29 is 40.4 Å². The van der Waals surface area contributed by atoms with E-state index in [2.05, 4.69) is 4.90 Å². The van der Waals surface area contributed by atoms with Crippen LogP contribution >= 0.6 is 11.3 Å². The molecule has 12 heteroatoms. The number of carbonyl (C=O) groups is 1. The van der Waals surface area contributed by atoms with Crippen molar-refractivity contribution >= 4 is 27.2 Å². The number of rotatable bonds is 11. The van der Waals surface area contributed by atoms with Crippen LogP contribution in [0.15, 0.2) is 54.6 Å². The molecule has 40 heavy (non-hydrogen) atoms. The Labute approximate surface area is 235 Å². The van der Waals surface area contributed by atoms with E-state index in [1.165, 1.54) is 12.1 Å². The highest BCUT2D eigenvalue weighted by atomic mass is 32.2. The molecule has 1 aliphatic rings. The first kappa shape index (κ1) is 30.2.